The molecule has 2 N–H and O–H groups in total. The minimum Gasteiger partial charge on any atom is -0.481 e. The Bertz CT molecular complexity index is 498. The molecule has 2 heterocycles. The first-order valence-electron chi connectivity index (χ1n) is 6.10. The molecule has 1 fully saturated rings. The molecule has 0 atom stereocenters. The molecule has 1 aromatic carbocycles. The summed E-state index contributed by atoms with van der Waals surface area (Å²) < 4.78 is 15.5. The standard InChI is InChI=1S/C13H15NO5/c15-12(16)13(6-17-7-13)5-14-4-9-1-2-10-11(3-9)19-8-18-10/h1-3,14H,4-8H2,(H,15,16). The van der Waals surface area contributed by atoms with Crippen molar-refractivity contribution < 1.29 is 24.1 Å². The minimum absolute atomic E-state index is 0.256. The number of fused-ring (bicyclic) bond motifs is 1. The number of nitrogens with one attached hydrogen (secondary N) is 1. The van der Waals surface area contributed by atoms with Gasteiger partial charge in [0.05, 0.1) is 13.2 Å². The molecule has 3 rings (SSSR count). The van der Waals surface area contributed by atoms with Crippen molar-refractivity contribution in [3.63, 3.8) is 0 Å². The van der Waals surface area contributed by atoms with Crippen molar-refractivity contribution in [3.05, 3.63) is 23.8 Å². The van der Waals surface area contributed by atoms with Crippen LogP contribution in [0.25, 0.3) is 0 Å². The lowest BCUT2D eigenvalue weighted by Crippen LogP contribution is -2.55. The van der Waals surface area contributed by atoms with Crippen LogP contribution in [0, 0.1) is 5.41 Å². The Balaban J connectivity index is 1.56. The fourth-order valence-electron chi connectivity index (χ4n) is 2.15. The highest BCUT2D eigenvalue weighted by Gasteiger charge is 2.45. The summed E-state index contributed by atoms with van der Waals surface area (Å²) in [6.07, 6.45) is 0. The topological polar surface area (TPSA) is 77.0 Å². The molecule has 0 saturated carbocycles. The summed E-state index contributed by atoms with van der Waals surface area (Å²) in [5, 5.41) is 12.3. The number of carbonyl (C=O) groups is 1. The lowest BCUT2D eigenvalue weighted by atomic mass is 9.86. The Labute approximate surface area is 110 Å². The number of hydrogen-bond donors (Lipinski definition) is 2. The third-order valence-electron chi connectivity index (χ3n) is 3.44. The quantitative estimate of drug-likeness (QED) is 0.812. The molecule has 0 aliphatic carbocycles. The molecule has 1 aromatic rings. The van der Waals surface area contributed by atoms with Crippen LogP contribution in [-0.4, -0.2) is 37.6 Å². The number of hydrogen-bond acceptors (Lipinski definition) is 5. The third kappa shape index (κ3) is 2.24. The van der Waals surface area contributed by atoms with Crippen LogP contribution in [0.15, 0.2) is 18.2 Å². The fourth-order valence-corrected chi connectivity index (χ4v) is 2.15. The predicted molar refractivity (Wildman–Crippen MR) is 65.2 cm³/mol. The van der Waals surface area contributed by atoms with Crippen LogP contribution in [0.4, 0.5) is 0 Å². The van der Waals surface area contributed by atoms with E-state index >= 15 is 0 Å². The van der Waals surface area contributed by atoms with Crippen molar-refractivity contribution in [2.45, 2.75) is 6.54 Å². The minimum atomic E-state index is -0.808. The van der Waals surface area contributed by atoms with Gasteiger partial charge in [0, 0.05) is 13.1 Å². The molecule has 2 aliphatic heterocycles. The molecule has 6 heteroatoms. The van der Waals surface area contributed by atoms with Gasteiger partial charge in [-0.15, -0.1) is 0 Å². The molecular formula is C13H15NO5. The summed E-state index contributed by atoms with van der Waals surface area (Å²) >= 11 is 0. The van der Waals surface area contributed by atoms with Gasteiger partial charge < -0.3 is 24.6 Å². The van der Waals surface area contributed by atoms with E-state index in [2.05, 4.69) is 5.32 Å². The van der Waals surface area contributed by atoms with Gasteiger partial charge in [0.15, 0.2) is 11.5 Å². The van der Waals surface area contributed by atoms with Gasteiger partial charge in [0.25, 0.3) is 0 Å². The Morgan fingerprint density at radius 1 is 1.32 bits per heavy atom. The van der Waals surface area contributed by atoms with Gasteiger partial charge in [0.2, 0.25) is 6.79 Å². The van der Waals surface area contributed by atoms with Crippen LogP contribution >= 0.6 is 0 Å². The van der Waals surface area contributed by atoms with Crippen molar-refractivity contribution in [3.8, 4) is 11.5 Å². The highest BCUT2D eigenvalue weighted by molar-refractivity contribution is 5.76. The van der Waals surface area contributed by atoms with E-state index < -0.39 is 11.4 Å². The maximum Gasteiger partial charge on any atom is 0.315 e. The zero-order valence-electron chi connectivity index (χ0n) is 10.3. The number of carboxylic acids is 1. The van der Waals surface area contributed by atoms with E-state index in [0.717, 1.165) is 17.1 Å². The van der Waals surface area contributed by atoms with Gasteiger partial charge in [-0.25, -0.2) is 0 Å². The molecule has 102 valence electrons. The van der Waals surface area contributed by atoms with Crippen LogP contribution in [0.1, 0.15) is 5.56 Å². The van der Waals surface area contributed by atoms with E-state index in [1.54, 1.807) is 0 Å². The molecule has 0 spiro atoms. The third-order valence-corrected chi connectivity index (χ3v) is 3.44. The SMILES string of the molecule is O=C(O)C1(CNCc2ccc3c(c2)OCO3)COC1. The van der Waals surface area contributed by atoms with Gasteiger partial charge in [-0.1, -0.05) is 6.07 Å². The fraction of sp³-hybridized carbons (Fsp3) is 0.462. The summed E-state index contributed by atoms with van der Waals surface area (Å²) in [5.41, 5.74) is 0.265. The van der Waals surface area contributed by atoms with Gasteiger partial charge in [-0.3, -0.25) is 4.79 Å². The van der Waals surface area contributed by atoms with E-state index in [1.165, 1.54) is 0 Å². The summed E-state index contributed by atoms with van der Waals surface area (Å²) in [4.78, 5) is 11.1. The zero-order valence-corrected chi connectivity index (χ0v) is 10.3. The summed E-state index contributed by atoms with van der Waals surface area (Å²) in [6, 6.07) is 5.70. The van der Waals surface area contributed by atoms with Gasteiger partial charge >= 0.3 is 5.97 Å². The second-order valence-corrected chi connectivity index (χ2v) is 4.87. The molecule has 0 amide bonds. The lowest BCUT2D eigenvalue weighted by molar-refractivity contribution is -0.178. The monoisotopic (exact) mass is 265 g/mol. The molecular weight excluding hydrogens is 250 g/mol. The largest absolute Gasteiger partial charge is 0.481 e. The first-order valence-corrected chi connectivity index (χ1v) is 6.10. The number of carboxylic acid groups (broad SMARTS) is 1. The maximum atomic E-state index is 11.1. The zero-order chi connectivity index (χ0) is 13.3. The van der Waals surface area contributed by atoms with Crippen molar-refractivity contribution in [2.75, 3.05) is 26.6 Å². The van der Waals surface area contributed by atoms with E-state index in [4.69, 9.17) is 19.3 Å². The van der Waals surface area contributed by atoms with Crippen molar-refractivity contribution in [2.24, 2.45) is 5.41 Å². The molecule has 0 bridgehead atoms. The Kier molecular flexibility index (Phi) is 3.04. The van der Waals surface area contributed by atoms with E-state index in [-0.39, 0.29) is 20.0 Å². The van der Waals surface area contributed by atoms with E-state index in [0.29, 0.717) is 13.1 Å². The molecule has 0 unspecified atom stereocenters. The smallest absolute Gasteiger partial charge is 0.315 e. The number of benzene rings is 1. The number of ether oxygens (including phenoxy) is 3. The normalized spacial score (nSPS) is 18.9. The van der Waals surface area contributed by atoms with Crippen LogP contribution in [0.5, 0.6) is 11.5 Å². The molecule has 1 saturated heterocycles. The van der Waals surface area contributed by atoms with Crippen molar-refractivity contribution in [1.82, 2.24) is 5.32 Å². The highest BCUT2D eigenvalue weighted by Crippen LogP contribution is 2.32. The average molecular weight is 265 g/mol. The summed E-state index contributed by atoms with van der Waals surface area (Å²) in [7, 11) is 0. The first-order chi connectivity index (χ1) is 9.20. The van der Waals surface area contributed by atoms with Crippen LogP contribution in [0.2, 0.25) is 0 Å². The summed E-state index contributed by atoms with van der Waals surface area (Å²) in [6.45, 7) is 1.79. The maximum absolute atomic E-state index is 11.1. The predicted octanol–water partition coefficient (Wildman–Crippen LogP) is 0.606. The van der Waals surface area contributed by atoms with Crippen molar-refractivity contribution in [1.29, 1.82) is 0 Å². The molecule has 0 radical (unpaired) electrons. The summed E-state index contributed by atoms with van der Waals surface area (Å²) in [5.74, 6) is 0.675. The average Bonchev–Trinajstić information content (AvgIpc) is 2.79. The lowest BCUT2D eigenvalue weighted by Gasteiger charge is -2.37. The number of aliphatic carboxylic acids is 1. The second kappa shape index (κ2) is 4.71. The van der Waals surface area contributed by atoms with Crippen LogP contribution < -0.4 is 14.8 Å². The van der Waals surface area contributed by atoms with Gasteiger partial charge in [-0.2, -0.15) is 0 Å². The second-order valence-electron chi connectivity index (χ2n) is 4.87. The van der Waals surface area contributed by atoms with Gasteiger partial charge in [0.1, 0.15) is 5.41 Å². The molecule has 2 aliphatic rings. The highest BCUT2D eigenvalue weighted by atomic mass is 16.7. The van der Waals surface area contributed by atoms with E-state index in [9.17, 15) is 4.79 Å². The Hall–Kier alpha value is -1.79. The van der Waals surface area contributed by atoms with Gasteiger partial charge in [-0.05, 0) is 17.7 Å². The molecule has 6 nitrogen and oxygen atoms in total. The Morgan fingerprint density at radius 3 is 2.79 bits per heavy atom. The van der Waals surface area contributed by atoms with Crippen LogP contribution in [0.3, 0.4) is 0 Å². The van der Waals surface area contributed by atoms with E-state index in [1.807, 2.05) is 18.2 Å². The number of rotatable bonds is 5. The molecule has 19 heavy (non-hydrogen) atoms. The first kappa shape index (κ1) is 12.3. The Morgan fingerprint density at radius 2 is 2.11 bits per heavy atom. The molecule has 0 aromatic heterocycles. The van der Waals surface area contributed by atoms with Crippen LogP contribution in [-0.2, 0) is 16.1 Å². The van der Waals surface area contributed by atoms with Crippen molar-refractivity contribution >= 4 is 5.97 Å².